The number of hydrogen-bond acceptors (Lipinski definition) is 9. The average molecular weight is 528 g/mol. The van der Waals surface area contributed by atoms with Crippen molar-refractivity contribution in [1.29, 1.82) is 0 Å². The molecule has 1 N–H and O–H groups in total. The largest absolute Gasteiger partial charge is 0.424 e. The highest BCUT2D eigenvalue weighted by Gasteiger charge is 2.60. The van der Waals surface area contributed by atoms with Gasteiger partial charge in [0.05, 0.1) is 28.5 Å². The minimum absolute atomic E-state index is 0.129. The zero-order valence-corrected chi connectivity index (χ0v) is 21.8. The number of thiazole rings is 1. The van der Waals surface area contributed by atoms with E-state index in [-0.39, 0.29) is 23.6 Å². The van der Waals surface area contributed by atoms with E-state index in [1.807, 2.05) is 29.8 Å². The second kappa shape index (κ2) is 9.38. The van der Waals surface area contributed by atoms with Crippen LogP contribution in [0.5, 0.6) is 0 Å². The van der Waals surface area contributed by atoms with Crippen LogP contribution < -0.4 is 0 Å². The Morgan fingerprint density at radius 2 is 1.97 bits per heavy atom. The highest BCUT2D eigenvalue weighted by Crippen LogP contribution is 2.52. The first kappa shape index (κ1) is 24.5. The maximum Gasteiger partial charge on any atom is 0.358 e. The molecule has 1 amide bonds. The van der Waals surface area contributed by atoms with Crippen LogP contribution in [-0.2, 0) is 19.1 Å². The van der Waals surface area contributed by atoms with E-state index in [2.05, 4.69) is 4.98 Å². The number of aryl methyl sites for hydroxylation is 1. The van der Waals surface area contributed by atoms with Gasteiger partial charge in [-0.1, -0.05) is 25.1 Å². The Bertz CT molecular complexity index is 1410. The Kier molecular flexibility index (Phi) is 6.39. The number of hydrogen-bond donors (Lipinski definition) is 1. The molecule has 188 valence electrons. The van der Waals surface area contributed by atoms with Crippen LogP contribution in [0.3, 0.4) is 0 Å². The predicted molar refractivity (Wildman–Crippen MR) is 134 cm³/mol. The van der Waals surface area contributed by atoms with Gasteiger partial charge in [0, 0.05) is 17.7 Å². The number of benzene rings is 1. The fourth-order valence-electron chi connectivity index (χ4n) is 5.01. The topological polar surface area (TPSA) is 110 Å². The molecule has 4 atom stereocenters. The van der Waals surface area contributed by atoms with Crippen molar-refractivity contribution in [3.8, 4) is 0 Å². The lowest BCUT2D eigenvalue weighted by Crippen LogP contribution is -2.63. The smallest absolute Gasteiger partial charge is 0.358 e. The first-order chi connectivity index (χ1) is 17.2. The monoisotopic (exact) mass is 527 g/mol. The number of aliphatic hydroxyl groups excluding tert-OH is 1. The van der Waals surface area contributed by atoms with Gasteiger partial charge in [-0.15, -0.1) is 23.1 Å². The zero-order valence-electron chi connectivity index (χ0n) is 20.1. The van der Waals surface area contributed by atoms with E-state index in [0.29, 0.717) is 11.1 Å². The van der Waals surface area contributed by atoms with Crippen molar-refractivity contribution in [2.75, 3.05) is 13.0 Å². The fourth-order valence-corrected chi connectivity index (χ4v) is 6.93. The molecule has 2 aliphatic rings. The van der Waals surface area contributed by atoms with Crippen molar-refractivity contribution in [3.05, 3.63) is 58.5 Å². The number of amides is 1. The van der Waals surface area contributed by atoms with E-state index in [4.69, 9.17) is 9.47 Å². The first-order valence-electron chi connectivity index (χ1n) is 11.4. The van der Waals surface area contributed by atoms with Gasteiger partial charge in [0.25, 0.3) is 0 Å². The molecular weight excluding hydrogens is 502 g/mol. The quantitative estimate of drug-likeness (QED) is 0.216. The number of β-lactam (4-membered cyclic amide) rings is 1. The van der Waals surface area contributed by atoms with Crippen LogP contribution >= 0.6 is 23.1 Å². The summed E-state index contributed by atoms with van der Waals surface area (Å²) in [5.41, 5.74) is 1.93. The second-order valence-corrected chi connectivity index (χ2v) is 10.7. The number of esters is 2. The maximum absolute atomic E-state index is 13.3. The van der Waals surface area contributed by atoms with E-state index in [1.54, 1.807) is 38.4 Å². The number of nitrogens with zero attached hydrogens (tertiary/aromatic N) is 3. The van der Waals surface area contributed by atoms with Gasteiger partial charge in [-0.3, -0.25) is 9.20 Å². The third-order valence-corrected chi connectivity index (χ3v) is 8.71. The number of carbonyl (C=O) groups is 3. The number of carbonyl (C=O) groups excluding carboxylic acids is 3. The van der Waals surface area contributed by atoms with Crippen LogP contribution in [0.15, 0.2) is 47.5 Å². The van der Waals surface area contributed by atoms with Gasteiger partial charge in [-0.2, -0.15) is 0 Å². The minimum atomic E-state index is -0.848. The van der Waals surface area contributed by atoms with E-state index in [9.17, 15) is 19.5 Å². The molecule has 1 aromatic carbocycles. The molecule has 0 saturated carbocycles. The summed E-state index contributed by atoms with van der Waals surface area (Å²) in [5.74, 6) is -2.50. The van der Waals surface area contributed by atoms with Gasteiger partial charge >= 0.3 is 11.9 Å². The van der Waals surface area contributed by atoms with Gasteiger partial charge < -0.3 is 19.5 Å². The molecule has 0 unspecified atom stereocenters. The fraction of sp³-hybridized carbons (Fsp3) is 0.360. The van der Waals surface area contributed by atoms with Crippen LogP contribution in [0.4, 0.5) is 0 Å². The Hall–Kier alpha value is -3.15. The van der Waals surface area contributed by atoms with Crippen molar-refractivity contribution < 1.29 is 29.0 Å². The number of aromatic nitrogens is 2. The average Bonchev–Trinajstić information content (AvgIpc) is 3.48. The first-order valence-corrected chi connectivity index (χ1v) is 13.4. The molecule has 1 fully saturated rings. The third-order valence-electron chi connectivity index (χ3n) is 6.75. The molecule has 0 spiro atoms. The van der Waals surface area contributed by atoms with Gasteiger partial charge in [-0.05, 0) is 31.7 Å². The molecule has 0 aliphatic carbocycles. The summed E-state index contributed by atoms with van der Waals surface area (Å²) in [6.07, 6.45) is 4.69. The number of thioether (sulfide) groups is 1. The van der Waals surface area contributed by atoms with Crippen molar-refractivity contribution in [1.82, 2.24) is 14.3 Å². The number of aliphatic hydroxyl groups is 1. The van der Waals surface area contributed by atoms with Crippen LogP contribution in [0.25, 0.3) is 10.4 Å². The van der Waals surface area contributed by atoms with Gasteiger partial charge in [0.1, 0.15) is 21.9 Å². The molecule has 2 aliphatic heterocycles. The van der Waals surface area contributed by atoms with E-state index in [0.717, 1.165) is 20.3 Å². The van der Waals surface area contributed by atoms with Gasteiger partial charge in [-0.25, -0.2) is 14.6 Å². The van der Waals surface area contributed by atoms with E-state index < -0.39 is 30.8 Å². The van der Waals surface area contributed by atoms with E-state index in [1.165, 1.54) is 28.0 Å². The van der Waals surface area contributed by atoms with Crippen molar-refractivity contribution in [2.45, 2.75) is 37.9 Å². The summed E-state index contributed by atoms with van der Waals surface area (Å²) in [4.78, 5) is 46.2. The van der Waals surface area contributed by atoms with Crippen LogP contribution in [0.1, 0.15) is 34.6 Å². The summed E-state index contributed by atoms with van der Waals surface area (Å²) >= 11 is 3.00. The van der Waals surface area contributed by atoms with Gasteiger partial charge in [0.15, 0.2) is 0 Å². The normalized spacial score (nSPS) is 22.0. The Morgan fingerprint density at radius 1 is 1.25 bits per heavy atom. The molecule has 4 heterocycles. The molecule has 0 radical (unpaired) electrons. The molecule has 11 heteroatoms. The molecule has 3 aromatic rings. The molecular formula is C25H25N3O6S2. The Labute approximate surface area is 215 Å². The molecule has 2 aromatic heterocycles. The van der Waals surface area contributed by atoms with Crippen LogP contribution in [-0.4, -0.2) is 62.4 Å². The molecule has 0 bridgehead atoms. The number of ether oxygens (including phenoxy) is 2. The molecule has 9 nitrogen and oxygen atoms in total. The standard InChI is InChI=1S/C25H25N3O6S2/c1-12-7-5-6-8-15(12)24(31)33-11-34-25(32)20-17(13(2)19-18(14(3)29)22(30)28(19)20)16-9-27-10-26-21(35-4)23(27)36-16/h5-10,13-14,18-19,29H,11H2,1-4H3/t13-,14+,18+,19+/m0/s1. The summed E-state index contributed by atoms with van der Waals surface area (Å²) in [7, 11) is 0. The minimum Gasteiger partial charge on any atom is -0.424 e. The lowest BCUT2D eigenvalue weighted by Gasteiger charge is -2.46. The molecule has 1 saturated heterocycles. The molecule has 5 rings (SSSR count). The summed E-state index contributed by atoms with van der Waals surface area (Å²) in [6.45, 7) is 4.72. The highest BCUT2D eigenvalue weighted by molar-refractivity contribution is 7.98. The number of fused-ring (bicyclic) bond motifs is 2. The predicted octanol–water partition coefficient (Wildman–Crippen LogP) is 3.35. The van der Waals surface area contributed by atoms with Crippen LogP contribution in [0.2, 0.25) is 0 Å². The lowest BCUT2D eigenvalue weighted by atomic mass is 9.77. The van der Waals surface area contributed by atoms with Crippen molar-refractivity contribution >= 4 is 51.3 Å². The maximum atomic E-state index is 13.3. The van der Waals surface area contributed by atoms with Crippen molar-refractivity contribution in [2.24, 2.45) is 11.8 Å². The van der Waals surface area contributed by atoms with Crippen LogP contribution in [0, 0.1) is 18.8 Å². The number of rotatable bonds is 7. The summed E-state index contributed by atoms with van der Waals surface area (Å²) in [5, 5.41) is 11.1. The third kappa shape index (κ3) is 3.82. The second-order valence-electron chi connectivity index (χ2n) is 8.87. The number of imidazole rings is 1. The Balaban J connectivity index is 1.44. The summed E-state index contributed by atoms with van der Waals surface area (Å²) in [6, 6.07) is 6.60. The van der Waals surface area contributed by atoms with Gasteiger partial charge in [0.2, 0.25) is 12.7 Å². The SMILES string of the molecule is CSc1ncn2cc(C3=C(C(=O)OCOC(=O)c4ccccc4C)N4C(=O)[C@H]([C@@H](C)O)[C@H]4[C@H]3C)sc12. The lowest BCUT2D eigenvalue weighted by molar-refractivity contribution is -0.166. The highest BCUT2D eigenvalue weighted by atomic mass is 32.2. The summed E-state index contributed by atoms with van der Waals surface area (Å²) < 4.78 is 12.4. The molecule has 36 heavy (non-hydrogen) atoms. The zero-order chi connectivity index (χ0) is 25.7. The van der Waals surface area contributed by atoms with E-state index >= 15 is 0 Å². The Morgan fingerprint density at radius 3 is 2.67 bits per heavy atom. The van der Waals surface area contributed by atoms with Crippen molar-refractivity contribution in [3.63, 3.8) is 0 Å².